The van der Waals surface area contributed by atoms with Crippen LogP contribution in [0.2, 0.25) is 0 Å². The van der Waals surface area contributed by atoms with Crippen LogP contribution in [0.4, 0.5) is 18.9 Å². The molecule has 2 aliphatic rings. The number of rotatable bonds is 5. The third kappa shape index (κ3) is 5.70. The van der Waals surface area contributed by atoms with E-state index in [1.54, 1.807) is 23.1 Å². The van der Waals surface area contributed by atoms with E-state index in [1.165, 1.54) is 24.2 Å². The van der Waals surface area contributed by atoms with E-state index in [1.807, 2.05) is 0 Å². The van der Waals surface area contributed by atoms with E-state index in [0.717, 1.165) is 37.8 Å². The Kier molecular flexibility index (Phi) is 7.53. The number of hydrogen-bond acceptors (Lipinski definition) is 6. The highest BCUT2D eigenvalue weighted by Gasteiger charge is 2.37. The average molecular weight is 587 g/mol. The lowest BCUT2D eigenvalue weighted by Crippen LogP contribution is -2.39. The van der Waals surface area contributed by atoms with Crippen LogP contribution in [-0.4, -0.2) is 26.1 Å². The van der Waals surface area contributed by atoms with Crippen LogP contribution < -0.4 is 4.74 Å². The van der Waals surface area contributed by atoms with E-state index in [0.29, 0.717) is 25.3 Å². The minimum absolute atomic E-state index is 0.122. The zero-order valence-electron chi connectivity index (χ0n) is 18.0. The normalized spacial score (nSPS) is 18.4. The molecule has 2 fully saturated rings. The van der Waals surface area contributed by atoms with E-state index in [-0.39, 0.29) is 23.4 Å². The van der Waals surface area contributed by atoms with Gasteiger partial charge in [0.05, 0.1) is 19.9 Å². The number of nitro benzene ring substituents is 1. The zero-order valence-corrected chi connectivity index (χ0v) is 21.2. The molecule has 2 aromatic carbocycles. The van der Waals surface area contributed by atoms with Crippen molar-refractivity contribution in [2.24, 2.45) is 0 Å². The average Bonchev–Trinajstić information content (AvgIpc) is 3.08. The Morgan fingerprint density at radius 2 is 1.83 bits per heavy atom. The van der Waals surface area contributed by atoms with Crippen LogP contribution in [0.3, 0.4) is 0 Å². The van der Waals surface area contributed by atoms with Crippen LogP contribution in [0.25, 0.3) is 6.08 Å². The van der Waals surface area contributed by atoms with Crippen molar-refractivity contribution >= 4 is 61.9 Å². The molecule has 12 heteroatoms. The second-order valence-electron chi connectivity index (χ2n) is 8.07. The number of nitro groups is 1. The van der Waals surface area contributed by atoms with E-state index in [4.69, 9.17) is 17.0 Å². The summed E-state index contributed by atoms with van der Waals surface area (Å²) in [6, 6.07) is 7.01. The Hall–Kier alpha value is -2.44. The van der Waals surface area contributed by atoms with Gasteiger partial charge in [-0.1, -0.05) is 49.3 Å². The Morgan fingerprint density at radius 1 is 1.14 bits per heavy atom. The van der Waals surface area contributed by atoms with Gasteiger partial charge in [0.15, 0.2) is 0 Å². The molecule has 1 saturated carbocycles. The third-order valence-electron chi connectivity index (χ3n) is 5.72. The van der Waals surface area contributed by atoms with Gasteiger partial charge in [-0.2, -0.15) is 13.2 Å². The third-order valence-corrected chi connectivity index (χ3v) is 7.67. The number of benzene rings is 2. The molecule has 0 radical (unpaired) electrons. The van der Waals surface area contributed by atoms with Gasteiger partial charge in [-0.3, -0.25) is 19.8 Å². The number of carbonyl (C=O) groups is 1. The number of alkyl halides is 3. The Bertz CT molecular complexity index is 1230. The van der Waals surface area contributed by atoms with Gasteiger partial charge in [-0.05, 0) is 64.7 Å². The van der Waals surface area contributed by atoms with Gasteiger partial charge in [0, 0.05) is 12.1 Å². The van der Waals surface area contributed by atoms with Gasteiger partial charge in [-0.15, -0.1) is 0 Å². The molecule has 4 rings (SSSR count). The van der Waals surface area contributed by atoms with Gasteiger partial charge in [0.25, 0.3) is 5.91 Å². The maximum absolute atomic E-state index is 13.0. The van der Waals surface area contributed by atoms with Crippen molar-refractivity contribution < 1.29 is 27.6 Å². The second-order valence-corrected chi connectivity index (χ2v) is 10.6. The van der Waals surface area contributed by atoms with Gasteiger partial charge >= 0.3 is 11.9 Å². The number of thioether (sulfide) groups is 1. The fraction of sp³-hybridized carbons (Fsp3) is 0.304. The molecule has 0 atom stereocenters. The fourth-order valence-electron chi connectivity index (χ4n) is 4.02. The van der Waals surface area contributed by atoms with Crippen LogP contribution in [0, 0.1) is 10.1 Å². The van der Waals surface area contributed by atoms with Crippen molar-refractivity contribution in [3.63, 3.8) is 0 Å². The summed E-state index contributed by atoms with van der Waals surface area (Å²) in [5.74, 6) is -0.284. The number of thiocarbonyl (C=S) groups is 1. The van der Waals surface area contributed by atoms with Gasteiger partial charge < -0.3 is 4.74 Å². The summed E-state index contributed by atoms with van der Waals surface area (Å²) in [6.07, 6.45) is 2.18. The van der Waals surface area contributed by atoms with Gasteiger partial charge in [0.2, 0.25) is 5.75 Å². The predicted octanol–water partition coefficient (Wildman–Crippen LogP) is 7.70. The Balaban J connectivity index is 1.55. The summed E-state index contributed by atoms with van der Waals surface area (Å²) in [5, 5.41) is 11.3. The first-order valence-corrected chi connectivity index (χ1v) is 12.7. The van der Waals surface area contributed by atoms with E-state index in [2.05, 4.69) is 15.9 Å². The van der Waals surface area contributed by atoms with Crippen molar-refractivity contribution in [3.8, 4) is 11.5 Å². The molecule has 0 bridgehead atoms. The molecule has 2 aromatic rings. The smallest absolute Gasteiger partial charge is 0.416 e. The van der Waals surface area contributed by atoms with Crippen LogP contribution >= 0.6 is 39.9 Å². The number of hydrogen-bond donors (Lipinski definition) is 0. The molecule has 0 spiro atoms. The summed E-state index contributed by atoms with van der Waals surface area (Å²) in [7, 11) is 0. The minimum Gasteiger partial charge on any atom is -0.449 e. The van der Waals surface area contributed by atoms with E-state index >= 15 is 0 Å². The molecule has 1 heterocycles. The largest absolute Gasteiger partial charge is 0.449 e. The van der Waals surface area contributed by atoms with Crippen molar-refractivity contribution in [1.82, 2.24) is 4.90 Å². The number of halogens is 4. The van der Waals surface area contributed by atoms with Crippen molar-refractivity contribution in [3.05, 3.63) is 67.0 Å². The van der Waals surface area contributed by atoms with E-state index in [9.17, 15) is 28.1 Å². The lowest BCUT2D eigenvalue weighted by Gasteiger charge is -2.29. The van der Waals surface area contributed by atoms with Crippen LogP contribution in [0.1, 0.15) is 43.2 Å². The van der Waals surface area contributed by atoms with Crippen LogP contribution in [0.5, 0.6) is 11.5 Å². The molecule has 0 unspecified atom stereocenters. The highest BCUT2D eigenvalue weighted by Crippen LogP contribution is 2.41. The van der Waals surface area contributed by atoms with Crippen molar-refractivity contribution in [2.45, 2.75) is 44.3 Å². The quantitative estimate of drug-likeness (QED) is 0.155. The lowest BCUT2D eigenvalue weighted by molar-refractivity contribution is -0.385. The molecule has 1 amide bonds. The molecule has 0 N–H and O–H groups in total. The van der Waals surface area contributed by atoms with Gasteiger partial charge in [-0.25, -0.2) is 0 Å². The molecular weight excluding hydrogens is 569 g/mol. The van der Waals surface area contributed by atoms with Crippen LogP contribution in [-0.2, 0) is 11.0 Å². The fourth-order valence-corrected chi connectivity index (χ4v) is 5.89. The first-order valence-electron chi connectivity index (χ1n) is 10.6. The summed E-state index contributed by atoms with van der Waals surface area (Å²) in [5.41, 5.74) is -1.28. The van der Waals surface area contributed by atoms with Crippen LogP contribution in [0.15, 0.2) is 45.8 Å². The molecule has 6 nitrogen and oxygen atoms in total. The van der Waals surface area contributed by atoms with E-state index < -0.39 is 22.4 Å². The highest BCUT2D eigenvalue weighted by molar-refractivity contribution is 9.10. The first kappa shape index (κ1) is 25.6. The molecule has 0 aromatic heterocycles. The maximum atomic E-state index is 13.0. The Labute approximate surface area is 216 Å². The summed E-state index contributed by atoms with van der Waals surface area (Å²) in [6.45, 7) is 0. The van der Waals surface area contributed by atoms with Crippen molar-refractivity contribution in [2.75, 3.05) is 0 Å². The molecule has 1 saturated heterocycles. The molecule has 35 heavy (non-hydrogen) atoms. The zero-order chi connectivity index (χ0) is 25.3. The first-order chi connectivity index (χ1) is 16.5. The topological polar surface area (TPSA) is 72.7 Å². The molecule has 1 aliphatic heterocycles. The second kappa shape index (κ2) is 10.3. The Morgan fingerprint density at radius 3 is 2.46 bits per heavy atom. The monoisotopic (exact) mass is 586 g/mol. The number of carbonyl (C=O) groups excluding carboxylic acids is 1. The highest BCUT2D eigenvalue weighted by atomic mass is 79.9. The predicted molar refractivity (Wildman–Crippen MR) is 134 cm³/mol. The van der Waals surface area contributed by atoms with Crippen molar-refractivity contribution in [1.29, 1.82) is 0 Å². The standard InChI is InChI=1S/C23H18BrF3N2O4S2/c24-16-10-13(11-20-21(30)28(22(34)35-20)15-4-2-1-3-5-15)6-8-18(16)33-19-9-7-14(23(25,26)27)12-17(19)29(31)32/h6-12,15H,1-5H2/b20-11-. The number of ether oxygens (including phenoxy) is 1. The van der Waals surface area contributed by atoms with Gasteiger partial charge in [0.1, 0.15) is 10.1 Å². The SMILES string of the molecule is O=C1/C(=C/c2ccc(Oc3ccc(C(F)(F)F)cc3[N+](=O)[O-])c(Br)c2)SC(=S)N1C1CCCCC1. The molecular formula is C23H18BrF3N2O4S2. The molecule has 1 aliphatic carbocycles. The number of amides is 1. The summed E-state index contributed by atoms with van der Waals surface area (Å²) < 4.78 is 45.3. The number of nitrogens with zero attached hydrogens (tertiary/aromatic N) is 2. The summed E-state index contributed by atoms with van der Waals surface area (Å²) in [4.78, 5) is 25.6. The summed E-state index contributed by atoms with van der Waals surface area (Å²) >= 11 is 10.0. The maximum Gasteiger partial charge on any atom is 0.416 e. The molecule has 184 valence electrons. The minimum atomic E-state index is -4.72. The lowest BCUT2D eigenvalue weighted by atomic mass is 9.94.